The summed E-state index contributed by atoms with van der Waals surface area (Å²) in [6.07, 6.45) is -3.57. The molecule has 3 aliphatic carbocycles. The number of ether oxygens (including phenoxy) is 3. The Morgan fingerprint density at radius 2 is 1.76 bits per heavy atom. The number of ketones is 1. The van der Waals surface area contributed by atoms with Gasteiger partial charge in [0, 0.05) is 31.3 Å². The van der Waals surface area contributed by atoms with E-state index in [9.17, 15) is 25.2 Å². The first-order chi connectivity index (χ1) is 15.0. The lowest BCUT2D eigenvalue weighted by Crippen LogP contribution is -2.79. The maximum Gasteiger partial charge on any atom is 0.174 e. The van der Waals surface area contributed by atoms with Gasteiger partial charge in [0.15, 0.2) is 11.6 Å². The Labute approximate surface area is 195 Å². The first kappa shape index (κ1) is 25.2. The zero-order chi connectivity index (χ0) is 24.9. The van der Waals surface area contributed by atoms with Crippen LogP contribution in [0.15, 0.2) is 11.1 Å². The molecule has 33 heavy (non-hydrogen) atoms. The van der Waals surface area contributed by atoms with Gasteiger partial charge in [0.1, 0.15) is 11.7 Å². The molecule has 7 unspecified atom stereocenters. The minimum Gasteiger partial charge on any atom is -0.389 e. The van der Waals surface area contributed by atoms with Crippen molar-refractivity contribution in [3.63, 3.8) is 0 Å². The van der Waals surface area contributed by atoms with Gasteiger partial charge in [0.2, 0.25) is 0 Å². The molecule has 0 aromatic heterocycles. The molecule has 1 heterocycles. The van der Waals surface area contributed by atoms with Crippen LogP contribution in [0.1, 0.15) is 61.3 Å². The molecule has 0 spiro atoms. The van der Waals surface area contributed by atoms with E-state index < -0.39 is 69.9 Å². The van der Waals surface area contributed by atoms with Gasteiger partial charge in [0.05, 0.1) is 35.9 Å². The topological polar surface area (TPSA) is 126 Å². The summed E-state index contributed by atoms with van der Waals surface area (Å²) in [6, 6.07) is 0. The Kier molecular flexibility index (Phi) is 5.60. The molecule has 8 nitrogen and oxygen atoms in total. The van der Waals surface area contributed by atoms with E-state index in [1.807, 2.05) is 6.92 Å². The molecule has 0 aromatic rings. The monoisotopic (exact) mass is 468 g/mol. The standard InChI is InChI=1S/C25H40O8/c1-12-14(26)10-25(30)13(2)19-23(7,20(28)18(27)17(12)21(25,3)4)15(33-22(5,6)31-8)9-16-24(19,29)11-32-16/h13-16,18-19,26-27,29-30H,9-11H2,1-8H3/t13?,14?,15?,16?,18?,19?,23-,24+,25?/m1/s1. The van der Waals surface area contributed by atoms with Crippen molar-refractivity contribution in [1.29, 1.82) is 0 Å². The molecule has 2 saturated carbocycles. The van der Waals surface area contributed by atoms with Gasteiger partial charge in [-0.05, 0) is 44.8 Å². The molecule has 0 radical (unpaired) electrons. The molecule has 0 aromatic carbocycles. The van der Waals surface area contributed by atoms with Crippen LogP contribution in [0.5, 0.6) is 0 Å². The molecule has 0 amide bonds. The highest BCUT2D eigenvalue weighted by Crippen LogP contribution is 2.64. The van der Waals surface area contributed by atoms with Gasteiger partial charge in [-0.15, -0.1) is 0 Å². The van der Waals surface area contributed by atoms with E-state index in [1.165, 1.54) is 7.11 Å². The summed E-state index contributed by atoms with van der Waals surface area (Å²) in [6.45, 7) is 12.4. The predicted octanol–water partition coefficient (Wildman–Crippen LogP) is 1.33. The van der Waals surface area contributed by atoms with E-state index in [0.717, 1.165) is 0 Å². The first-order valence-electron chi connectivity index (χ1n) is 11.9. The maximum absolute atomic E-state index is 14.2. The molecule has 1 aliphatic heterocycles. The lowest BCUT2D eigenvalue weighted by molar-refractivity contribution is -0.356. The highest BCUT2D eigenvalue weighted by atomic mass is 16.7. The normalized spacial score (nSPS) is 49.5. The fraction of sp³-hybridized carbons (Fsp3) is 0.880. The van der Waals surface area contributed by atoms with Crippen LogP contribution in [0.2, 0.25) is 0 Å². The lowest BCUT2D eigenvalue weighted by atomic mass is 9.42. The molecule has 9 atom stereocenters. The van der Waals surface area contributed by atoms with Gasteiger partial charge in [-0.25, -0.2) is 0 Å². The van der Waals surface area contributed by atoms with Crippen molar-refractivity contribution >= 4 is 5.78 Å². The van der Waals surface area contributed by atoms with Crippen LogP contribution in [0.3, 0.4) is 0 Å². The van der Waals surface area contributed by atoms with Gasteiger partial charge in [-0.2, -0.15) is 0 Å². The van der Waals surface area contributed by atoms with E-state index in [2.05, 4.69) is 0 Å². The molecular formula is C25H40O8. The van der Waals surface area contributed by atoms with E-state index >= 15 is 0 Å². The fourth-order valence-electron chi connectivity index (χ4n) is 7.54. The van der Waals surface area contributed by atoms with Crippen LogP contribution in [0.4, 0.5) is 0 Å². The quantitative estimate of drug-likeness (QED) is 0.361. The third-order valence-electron chi connectivity index (χ3n) is 9.76. The predicted molar refractivity (Wildman–Crippen MR) is 119 cm³/mol. The molecule has 4 aliphatic rings. The van der Waals surface area contributed by atoms with Gasteiger partial charge in [-0.1, -0.05) is 20.8 Å². The number of carbonyl (C=O) groups is 1. The number of carbonyl (C=O) groups excluding carboxylic acids is 1. The Bertz CT molecular complexity index is 880. The molecule has 188 valence electrons. The third-order valence-corrected chi connectivity index (χ3v) is 9.76. The van der Waals surface area contributed by atoms with Gasteiger partial charge in [0.25, 0.3) is 0 Å². The summed E-state index contributed by atoms with van der Waals surface area (Å²) in [4.78, 5) is 14.2. The average molecular weight is 469 g/mol. The van der Waals surface area contributed by atoms with E-state index in [0.29, 0.717) is 11.1 Å². The van der Waals surface area contributed by atoms with Crippen LogP contribution >= 0.6 is 0 Å². The maximum atomic E-state index is 14.2. The van der Waals surface area contributed by atoms with E-state index in [1.54, 1.807) is 41.5 Å². The summed E-state index contributed by atoms with van der Waals surface area (Å²) in [5, 5.41) is 46.4. The number of hydrogen-bond acceptors (Lipinski definition) is 8. The van der Waals surface area contributed by atoms with Crippen LogP contribution < -0.4 is 0 Å². The number of hydrogen-bond donors (Lipinski definition) is 4. The second-order valence-electron chi connectivity index (χ2n) is 11.9. The van der Waals surface area contributed by atoms with E-state index in [4.69, 9.17) is 14.2 Å². The van der Waals surface area contributed by atoms with Crippen molar-refractivity contribution in [2.24, 2.45) is 22.7 Å². The van der Waals surface area contributed by atoms with Crippen molar-refractivity contribution in [2.75, 3.05) is 13.7 Å². The van der Waals surface area contributed by atoms with Gasteiger partial charge >= 0.3 is 0 Å². The number of methoxy groups -OCH3 is 1. The third kappa shape index (κ3) is 3.05. The summed E-state index contributed by atoms with van der Waals surface area (Å²) >= 11 is 0. The average Bonchev–Trinajstić information content (AvgIpc) is 2.71. The minimum absolute atomic E-state index is 0.0345. The van der Waals surface area contributed by atoms with E-state index in [-0.39, 0.29) is 19.4 Å². The Hall–Kier alpha value is -0.870. The molecule has 4 N–H and O–H groups in total. The molecule has 1 saturated heterocycles. The summed E-state index contributed by atoms with van der Waals surface area (Å²) < 4.78 is 17.5. The van der Waals surface area contributed by atoms with Crippen molar-refractivity contribution in [2.45, 2.75) is 103 Å². The largest absolute Gasteiger partial charge is 0.389 e. The summed E-state index contributed by atoms with van der Waals surface area (Å²) in [7, 11) is 1.52. The number of aliphatic hydroxyl groups excluding tert-OH is 2. The minimum atomic E-state index is -1.56. The van der Waals surface area contributed by atoms with Crippen molar-refractivity contribution in [3.05, 3.63) is 11.1 Å². The van der Waals surface area contributed by atoms with Crippen molar-refractivity contribution in [1.82, 2.24) is 0 Å². The molecular weight excluding hydrogens is 428 g/mol. The Morgan fingerprint density at radius 3 is 2.27 bits per heavy atom. The first-order valence-corrected chi connectivity index (χ1v) is 11.9. The van der Waals surface area contributed by atoms with Crippen LogP contribution in [0, 0.1) is 22.7 Å². The smallest absolute Gasteiger partial charge is 0.174 e. The summed E-state index contributed by atoms with van der Waals surface area (Å²) in [5.74, 6) is -2.91. The summed E-state index contributed by atoms with van der Waals surface area (Å²) in [5.41, 5.74) is -4.36. The molecule has 4 rings (SSSR count). The highest BCUT2D eigenvalue weighted by molar-refractivity contribution is 5.93. The zero-order valence-corrected chi connectivity index (χ0v) is 21.0. The Morgan fingerprint density at radius 1 is 1.15 bits per heavy atom. The lowest BCUT2D eigenvalue weighted by Gasteiger charge is -2.68. The van der Waals surface area contributed by atoms with Gasteiger partial charge < -0.3 is 34.6 Å². The van der Waals surface area contributed by atoms with Crippen LogP contribution in [-0.4, -0.2) is 81.3 Å². The molecule has 8 heteroatoms. The second kappa shape index (κ2) is 7.32. The number of Topliss-reactive ketones (excluding diaryl/α,β-unsaturated/α-hetero) is 1. The fourth-order valence-corrected chi connectivity index (χ4v) is 7.54. The van der Waals surface area contributed by atoms with Crippen molar-refractivity contribution in [3.8, 4) is 0 Å². The number of fused-ring (bicyclic) bond motifs is 5. The zero-order valence-electron chi connectivity index (χ0n) is 21.0. The second-order valence-corrected chi connectivity index (χ2v) is 11.9. The molecule has 3 fully saturated rings. The number of rotatable bonds is 3. The van der Waals surface area contributed by atoms with Crippen LogP contribution in [-0.2, 0) is 19.0 Å². The van der Waals surface area contributed by atoms with Gasteiger partial charge in [-0.3, -0.25) is 4.79 Å². The SMILES string of the molecule is COC(C)(C)OC1CC2OC[C@@]2(O)C2C(C)C3(O)CC(O)C(C)=C(C(O)C(=O)[C@]12C)C3(C)C. The molecule has 2 bridgehead atoms. The Balaban J connectivity index is 1.98. The number of aliphatic hydroxyl groups is 4. The van der Waals surface area contributed by atoms with Crippen molar-refractivity contribution < 1.29 is 39.4 Å². The van der Waals surface area contributed by atoms with Crippen LogP contribution in [0.25, 0.3) is 0 Å². The highest BCUT2D eigenvalue weighted by Gasteiger charge is 2.74.